The molecule has 4 aromatic rings. The van der Waals surface area contributed by atoms with Crippen LogP contribution in [0.3, 0.4) is 0 Å². The van der Waals surface area contributed by atoms with E-state index < -0.39 is 0 Å². The Bertz CT molecular complexity index is 1140. The third kappa shape index (κ3) is 2.81. The monoisotopic (exact) mass is 359 g/mol. The summed E-state index contributed by atoms with van der Waals surface area (Å²) in [5, 5.41) is 0. The van der Waals surface area contributed by atoms with Crippen LogP contribution in [0.15, 0.2) is 69.9 Å². The van der Waals surface area contributed by atoms with Crippen LogP contribution in [0.4, 0.5) is 0 Å². The fraction of sp³-hybridized carbons (Fsp3) is 0.182. The smallest absolute Gasteiger partial charge is 0.281 e. The summed E-state index contributed by atoms with van der Waals surface area (Å²) < 4.78 is 9.53. The average Bonchev–Trinajstić information content (AvgIpc) is 3.22. The molecule has 0 aliphatic rings. The van der Waals surface area contributed by atoms with Crippen molar-refractivity contribution >= 4 is 0 Å². The molecule has 0 fully saturated rings. The van der Waals surface area contributed by atoms with Gasteiger partial charge in [-0.1, -0.05) is 43.3 Å². The molecule has 0 unspecified atom stereocenters. The van der Waals surface area contributed by atoms with Crippen molar-refractivity contribution in [3.8, 4) is 28.4 Å². The normalized spacial score (nSPS) is 11.1. The van der Waals surface area contributed by atoms with E-state index in [2.05, 4.69) is 0 Å². The second-order valence-corrected chi connectivity index (χ2v) is 6.45. The first-order valence-electron chi connectivity index (χ1n) is 9.01. The lowest BCUT2D eigenvalue weighted by molar-refractivity contribution is 0.525. The van der Waals surface area contributed by atoms with Gasteiger partial charge in [0, 0.05) is 24.7 Å². The summed E-state index contributed by atoms with van der Waals surface area (Å²) in [6, 6.07) is 19.4. The van der Waals surface area contributed by atoms with Crippen LogP contribution in [0.25, 0.3) is 28.4 Å². The first-order chi connectivity index (χ1) is 13.1. The Balaban J connectivity index is 1.93. The zero-order valence-electron chi connectivity index (χ0n) is 15.6. The molecular formula is C22H21N3O2. The van der Waals surface area contributed by atoms with Crippen molar-refractivity contribution in [1.82, 2.24) is 14.3 Å². The molecule has 0 atom stereocenters. The van der Waals surface area contributed by atoms with Crippen LogP contribution < -0.4 is 5.56 Å². The number of aromatic nitrogens is 3. The molecule has 0 saturated carbocycles. The van der Waals surface area contributed by atoms with Crippen molar-refractivity contribution < 1.29 is 4.42 Å². The Morgan fingerprint density at radius 1 is 1.00 bits per heavy atom. The number of benzene rings is 2. The van der Waals surface area contributed by atoms with Crippen molar-refractivity contribution in [2.45, 2.75) is 20.3 Å². The van der Waals surface area contributed by atoms with Gasteiger partial charge in [0.15, 0.2) is 0 Å². The fourth-order valence-electron chi connectivity index (χ4n) is 3.33. The van der Waals surface area contributed by atoms with Gasteiger partial charge in [0.1, 0.15) is 11.5 Å². The van der Waals surface area contributed by atoms with E-state index in [1.54, 1.807) is 4.68 Å². The molecule has 0 radical (unpaired) electrons. The second kappa shape index (κ2) is 6.76. The van der Waals surface area contributed by atoms with Gasteiger partial charge in [-0.2, -0.15) is 0 Å². The van der Waals surface area contributed by atoms with Gasteiger partial charge in [-0.3, -0.25) is 9.48 Å². The number of hydrogen-bond acceptors (Lipinski definition) is 3. The molecule has 0 aliphatic heterocycles. The highest BCUT2D eigenvalue weighted by Gasteiger charge is 2.24. The van der Waals surface area contributed by atoms with Crippen LogP contribution in [-0.2, 0) is 13.5 Å². The van der Waals surface area contributed by atoms with Crippen molar-refractivity contribution in [1.29, 1.82) is 0 Å². The lowest BCUT2D eigenvalue weighted by atomic mass is 10.1. The molecule has 0 N–H and O–H groups in total. The van der Waals surface area contributed by atoms with Crippen LogP contribution in [0.5, 0.6) is 0 Å². The van der Waals surface area contributed by atoms with Gasteiger partial charge in [0.2, 0.25) is 5.89 Å². The molecule has 0 aliphatic carbocycles. The standard InChI is InChI=1S/C22H21N3O2/c1-4-18-20(23-21(27-18)16-11-7-5-8-12-16)19-15(2)24(3)25(22(19)26)17-13-9-6-10-14-17/h5-14H,4H2,1-3H3. The van der Waals surface area contributed by atoms with E-state index >= 15 is 0 Å². The molecule has 2 aromatic carbocycles. The number of rotatable bonds is 4. The summed E-state index contributed by atoms with van der Waals surface area (Å²) >= 11 is 0. The third-order valence-corrected chi connectivity index (χ3v) is 4.83. The van der Waals surface area contributed by atoms with E-state index in [0.717, 1.165) is 22.7 Å². The molecular weight excluding hydrogens is 338 g/mol. The van der Waals surface area contributed by atoms with Crippen molar-refractivity contribution in [2.75, 3.05) is 0 Å². The number of para-hydroxylation sites is 1. The largest absolute Gasteiger partial charge is 0.441 e. The van der Waals surface area contributed by atoms with E-state index in [1.807, 2.05) is 86.2 Å². The van der Waals surface area contributed by atoms with Gasteiger partial charge in [0.05, 0.1) is 11.3 Å². The zero-order valence-corrected chi connectivity index (χ0v) is 15.6. The molecule has 0 amide bonds. The second-order valence-electron chi connectivity index (χ2n) is 6.45. The Kier molecular flexibility index (Phi) is 4.28. The number of nitrogens with zero attached hydrogens (tertiary/aromatic N) is 3. The van der Waals surface area contributed by atoms with E-state index in [4.69, 9.17) is 9.40 Å². The molecule has 0 saturated heterocycles. The topological polar surface area (TPSA) is 53.0 Å². The van der Waals surface area contributed by atoms with Crippen LogP contribution in [0.1, 0.15) is 18.4 Å². The summed E-state index contributed by atoms with van der Waals surface area (Å²) in [6.07, 6.45) is 0.661. The predicted molar refractivity (Wildman–Crippen MR) is 106 cm³/mol. The van der Waals surface area contributed by atoms with Gasteiger partial charge < -0.3 is 4.42 Å². The Morgan fingerprint density at radius 3 is 2.26 bits per heavy atom. The molecule has 27 heavy (non-hydrogen) atoms. The molecule has 0 bridgehead atoms. The first-order valence-corrected chi connectivity index (χ1v) is 9.01. The summed E-state index contributed by atoms with van der Waals surface area (Å²) in [5.74, 6) is 1.26. The number of oxazole rings is 1. The number of hydrogen-bond donors (Lipinski definition) is 0. The van der Waals surface area contributed by atoms with E-state index in [0.29, 0.717) is 23.6 Å². The SMILES string of the molecule is CCc1oc(-c2ccccc2)nc1-c1c(C)n(C)n(-c2ccccc2)c1=O. The van der Waals surface area contributed by atoms with Crippen LogP contribution >= 0.6 is 0 Å². The van der Waals surface area contributed by atoms with Crippen molar-refractivity contribution in [3.05, 3.63) is 82.5 Å². The van der Waals surface area contributed by atoms with Gasteiger partial charge in [-0.25, -0.2) is 9.67 Å². The molecule has 2 heterocycles. The van der Waals surface area contributed by atoms with E-state index in [9.17, 15) is 4.79 Å². The molecule has 136 valence electrons. The molecule has 0 spiro atoms. The highest BCUT2D eigenvalue weighted by molar-refractivity contribution is 5.67. The highest BCUT2D eigenvalue weighted by Crippen LogP contribution is 2.30. The summed E-state index contributed by atoms with van der Waals surface area (Å²) in [4.78, 5) is 18.0. The maximum Gasteiger partial charge on any atom is 0.281 e. The third-order valence-electron chi connectivity index (χ3n) is 4.83. The minimum absolute atomic E-state index is 0.0937. The predicted octanol–water partition coefficient (Wildman–Crippen LogP) is 4.37. The molecule has 5 nitrogen and oxygen atoms in total. The molecule has 2 aromatic heterocycles. The van der Waals surface area contributed by atoms with Crippen LogP contribution in [0.2, 0.25) is 0 Å². The minimum Gasteiger partial charge on any atom is -0.441 e. The quantitative estimate of drug-likeness (QED) is 0.544. The van der Waals surface area contributed by atoms with E-state index in [1.165, 1.54) is 0 Å². The fourth-order valence-corrected chi connectivity index (χ4v) is 3.33. The summed E-state index contributed by atoms with van der Waals surface area (Å²) in [6.45, 7) is 3.94. The summed E-state index contributed by atoms with van der Waals surface area (Å²) in [7, 11) is 1.89. The highest BCUT2D eigenvalue weighted by atomic mass is 16.4. The lowest BCUT2D eigenvalue weighted by Crippen LogP contribution is -2.20. The zero-order chi connectivity index (χ0) is 19.0. The maximum atomic E-state index is 13.3. The Morgan fingerprint density at radius 2 is 1.63 bits per heavy atom. The maximum absolute atomic E-state index is 13.3. The van der Waals surface area contributed by atoms with Gasteiger partial charge in [-0.05, 0) is 31.2 Å². The number of aryl methyl sites for hydroxylation is 1. The lowest BCUT2D eigenvalue weighted by Gasteiger charge is -2.07. The van der Waals surface area contributed by atoms with Crippen LogP contribution in [0, 0.1) is 6.92 Å². The minimum atomic E-state index is -0.0937. The van der Waals surface area contributed by atoms with Crippen molar-refractivity contribution in [2.24, 2.45) is 7.05 Å². The van der Waals surface area contributed by atoms with Crippen molar-refractivity contribution in [3.63, 3.8) is 0 Å². The van der Waals surface area contributed by atoms with Gasteiger partial charge in [-0.15, -0.1) is 0 Å². The Labute approximate surface area is 157 Å². The molecule has 5 heteroatoms. The molecule has 4 rings (SSSR count). The first kappa shape index (κ1) is 17.1. The van der Waals surface area contributed by atoms with Crippen LogP contribution in [-0.4, -0.2) is 14.3 Å². The summed E-state index contributed by atoms with van der Waals surface area (Å²) in [5.41, 5.74) is 3.70. The van der Waals surface area contributed by atoms with Gasteiger partial charge in [0.25, 0.3) is 5.56 Å². The average molecular weight is 359 g/mol. The van der Waals surface area contributed by atoms with Gasteiger partial charge >= 0.3 is 0 Å². The Hall–Kier alpha value is -3.34. The van der Waals surface area contributed by atoms with E-state index in [-0.39, 0.29) is 5.56 Å².